The van der Waals surface area contributed by atoms with Gasteiger partial charge in [-0.2, -0.15) is 5.10 Å². The number of aryl methyl sites for hydroxylation is 1. The molecule has 2 rings (SSSR count). The highest BCUT2D eigenvalue weighted by atomic mass is 127. The molecule has 0 fully saturated rings. The Morgan fingerprint density at radius 1 is 1.50 bits per heavy atom. The van der Waals surface area contributed by atoms with Crippen molar-refractivity contribution < 1.29 is 0 Å². The Hall–Kier alpha value is -0.100. The van der Waals surface area contributed by atoms with Crippen LogP contribution in [0.1, 0.15) is 5.56 Å². The van der Waals surface area contributed by atoms with Crippen LogP contribution in [0.3, 0.4) is 0 Å². The molecular weight excluding hydrogens is 331 g/mol. The molecule has 1 aromatic heterocycles. The van der Waals surface area contributed by atoms with Gasteiger partial charge in [0.15, 0.2) is 0 Å². The molecule has 0 N–H and O–H groups in total. The average Bonchev–Trinajstić information content (AvgIpc) is 2.41. The van der Waals surface area contributed by atoms with Crippen molar-refractivity contribution in [1.29, 1.82) is 0 Å². The standard InChI is InChI=1S/C8H6BrIN2/c1-5-2-3-7-6(8(5)9)4-11-12(7)10/h2-4H,1H3. The summed E-state index contributed by atoms with van der Waals surface area (Å²) in [5, 5.41) is 5.34. The minimum absolute atomic E-state index is 1.14. The van der Waals surface area contributed by atoms with E-state index in [9.17, 15) is 0 Å². The van der Waals surface area contributed by atoms with Crippen molar-refractivity contribution in [2.75, 3.05) is 0 Å². The van der Waals surface area contributed by atoms with E-state index in [0.29, 0.717) is 0 Å². The van der Waals surface area contributed by atoms with Gasteiger partial charge in [-0.25, -0.2) is 2.90 Å². The smallest absolute Gasteiger partial charge is 0.0851 e. The lowest BCUT2D eigenvalue weighted by Crippen LogP contribution is -1.80. The Kier molecular flexibility index (Phi) is 2.12. The van der Waals surface area contributed by atoms with Crippen LogP contribution < -0.4 is 0 Å². The molecular formula is C8H6BrIN2. The molecule has 0 aliphatic heterocycles. The highest BCUT2D eigenvalue weighted by Crippen LogP contribution is 2.27. The van der Waals surface area contributed by atoms with E-state index >= 15 is 0 Å². The van der Waals surface area contributed by atoms with Crippen molar-refractivity contribution in [3.63, 3.8) is 0 Å². The molecule has 0 radical (unpaired) electrons. The molecule has 0 saturated carbocycles. The van der Waals surface area contributed by atoms with Gasteiger partial charge in [-0.15, -0.1) is 0 Å². The zero-order valence-corrected chi connectivity index (χ0v) is 10.1. The van der Waals surface area contributed by atoms with E-state index < -0.39 is 0 Å². The van der Waals surface area contributed by atoms with E-state index in [1.807, 2.05) is 9.09 Å². The third-order valence-corrected chi connectivity index (χ3v) is 3.66. The van der Waals surface area contributed by atoms with Crippen molar-refractivity contribution in [3.8, 4) is 0 Å². The lowest BCUT2D eigenvalue weighted by Gasteiger charge is -1.98. The zero-order chi connectivity index (χ0) is 8.72. The van der Waals surface area contributed by atoms with Crippen LogP contribution in [0.2, 0.25) is 0 Å². The lowest BCUT2D eigenvalue weighted by atomic mass is 10.2. The van der Waals surface area contributed by atoms with Crippen molar-refractivity contribution in [3.05, 3.63) is 28.4 Å². The largest absolute Gasteiger partial charge is 0.204 e. The molecule has 4 heteroatoms. The Balaban J connectivity index is 2.93. The molecule has 0 aliphatic carbocycles. The molecule has 0 saturated heterocycles. The Morgan fingerprint density at radius 2 is 2.25 bits per heavy atom. The predicted molar refractivity (Wildman–Crippen MR) is 61.6 cm³/mol. The lowest BCUT2D eigenvalue weighted by molar-refractivity contribution is 1.09. The number of fused-ring (bicyclic) bond motifs is 1. The second-order valence-electron chi connectivity index (χ2n) is 2.63. The molecule has 0 amide bonds. The summed E-state index contributed by atoms with van der Waals surface area (Å²) in [7, 11) is 0. The monoisotopic (exact) mass is 336 g/mol. The number of nitrogens with zero attached hydrogens (tertiary/aromatic N) is 2. The quantitative estimate of drug-likeness (QED) is 0.675. The first kappa shape index (κ1) is 8.50. The second-order valence-corrected chi connectivity index (χ2v) is 4.34. The molecule has 2 aromatic rings. The SMILES string of the molecule is Cc1ccc2c(cnn2I)c1Br. The number of hydrogen-bond acceptors (Lipinski definition) is 1. The fourth-order valence-electron chi connectivity index (χ4n) is 1.15. The van der Waals surface area contributed by atoms with Crippen molar-refractivity contribution in [2.24, 2.45) is 0 Å². The third kappa shape index (κ3) is 1.17. The van der Waals surface area contributed by atoms with Crippen molar-refractivity contribution >= 4 is 49.7 Å². The van der Waals surface area contributed by atoms with Gasteiger partial charge in [-0.1, -0.05) is 6.07 Å². The first-order chi connectivity index (χ1) is 5.70. The van der Waals surface area contributed by atoms with Crippen LogP contribution in [0.5, 0.6) is 0 Å². The van der Waals surface area contributed by atoms with Crippen LogP contribution in [0, 0.1) is 6.92 Å². The topological polar surface area (TPSA) is 17.8 Å². The van der Waals surface area contributed by atoms with Gasteiger partial charge in [0.2, 0.25) is 0 Å². The highest BCUT2D eigenvalue weighted by molar-refractivity contribution is 14.1. The Labute approximate surface area is 92.6 Å². The molecule has 1 heterocycles. The predicted octanol–water partition coefficient (Wildman–Crippen LogP) is 3.31. The van der Waals surface area contributed by atoms with Crippen LogP contribution in [0.25, 0.3) is 10.9 Å². The first-order valence-corrected chi connectivity index (χ1v) is 5.25. The summed E-state index contributed by atoms with van der Waals surface area (Å²) in [5.74, 6) is 0. The molecule has 0 unspecified atom stereocenters. The van der Waals surface area contributed by atoms with Crippen LogP contribution in [0.4, 0.5) is 0 Å². The molecule has 0 aliphatic rings. The number of rotatable bonds is 0. The molecule has 0 bridgehead atoms. The summed E-state index contributed by atoms with van der Waals surface area (Å²) >= 11 is 5.70. The number of aromatic nitrogens is 2. The maximum absolute atomic E-state index is 4.17. The van der Waals surface area contributed by atoms with E-state index in [2.05, 4.69) is 62.9 Å². The van der Waals surface area contributed by atoms with Gasteiger partial charge in [0.25, 0.3) is 0 Å². The number of halogens is 2. The minimum atomic E-state index is 1.14. The van der Waals surface area contributed by atoms with Gasteiger partial charge in [0.05, 0.1) is 34.6 Å². The van der Waals surface area contributed by atoms with Gasteiger partial charge >= 0.3 is 0 Å². The average molecular weight is 337 g/mol. The number of benzene rings is 1. The number of hydrogen-bond donors (Lipinski definition) is 0. The molecule has 1 aromatic carbocycles. The minimum Gasteiger partial charge on any atom is -0.204 e. The summed E-state index contributed by atoms with van der Waals surface area (Å²) in [6.45, 7) is 2.08. The van der Waals surface area contributed by atoms with Gasteiger partial charge < -0.3 is 0 Å². The van der Waals surface area contributed by atoms with Gasteiger partial charge in [-0.3, -0.25) is 0 Å². The third-order valence-electron chi connectivity index (χ3n) is 1.84. The maximum atomic E-state index is 4.17. The van der Waals surface area contributed by atoms with E-state index in [4.69, 9.17) is 0 Å². The van der Waals surface area contributed by atoms with Crippen LogP contribution in [-0.4, -0.2) is 7.99 Å². The zero-order valence-electron chi connectivity index (χ0n) is 6.38. The van der Waals surface area contributed by atoms with E-state index in [1.54, 1.807) is 0 Å². The fraction of sp³-hybridized carbons (Fsp3) is 0.125. The Bertz CT molecular complexity index is 436. The Morgan fingerprint density at radius 3 is 3.00 bits per heavy atom. The molecule has 2 nitrogen and oxygen atoms in total. The summed E-state index contributed by atoms with van der Waals surface area (Å²) < 4.78 is 2.99. The van der Waals surface area contributed by atoms with Gasteiger partial charge in [0, 0.05) is 9.86 Å². The van der Waals surface area contributed by atoms with Crippen LogP contribution in [0.15, 0.2) is 22.8 Å². The van der Waals surface area contributed by atoms with E-state index in [1.165, 1.54) is 10.9 Å². The van der Waals surface area contributed by atoms with Crippen LogP contribution in [-0.2, 0) is 0 Å². The summed E-state index contributed by atoms with van der Waals surface area (Å²) in [6.07, 6.45) is 1.87. The summed E-state index contributed by atoms with van der Waals surface area (Å²) in [4.78, 5) is 0. The molecule has 0 atom stereocenters. The summed E-state index contributed by atoms with van der Waals surface area (Å²) in [5.41, 5.74) is 2.39. The van der Waals surface area contributed by atoms with Gasteiger partial charge in [0.1, 0.15) is 0 Å². The maximum Gasteiger partial charge on any atom is 0.0851 e. The van der Waals surface area contributed by atoms with Crippen molar-refractivity contribution in [2.45, 2.75) is 6.92 Å². The van der Waals surface area contributed by atoms with Gasteiger partial charge in [-0.05, 0) is 34.5 Å². The fourth-order valence-corrected chi connectivity index (χ4v) is 2.13. The van der Waals surface area contributed by atoms with E-state index in [0.717, 1.165) is 9.99 Å². The highest BCUT2D eigenvalue weighted by Gasteiger charge is 2.05. The van der Waals surface area contributed by atoms with Crippen LogP contribution >= 0.6 is 38.8 Å². The second kappa shape index (κ2) is 2.99. The molecule has 62 valence electrons. The van der Waals surface area contributed by atoms with Crippen molar-refractivity contribution in [1.82, 2.24) is 7.99 Å². The normalized spacial score (nSPS) is 10.9. The summed E-state index contributed by atoms with van der Waals surface area (Å²) in [6, 6.07) is 4.16. The first-order valence-electron chi connectivity index (χ1n) is 3.49. The molecule has 0 spiro atoms. The van der Waals surface area contributed by atoms with E-state index in [-0.39, 0.29) is 0 Å². The molecule has 12 heavy (non-hydrogen) atoms.